The van der Waals surface area contributed by atoms with Gasteiger partial charge in [-0.1, -0.05) is 11.3 Å². The van der Waals surface area contributed by atoms with Gasteiger partial charge in [0, 0.05) is 17.6 Å². The molecule has 0 unspecified atom stereocenters. The number of fused-ring (bicyclic) bond motifs is 1. The Kier molecular flexibility index (Phi) is 5.83. The third kappa shape index (κ3) is 4.16. The van der Waals surface area contributed by atoms with Crippen LogP contribution < -0.4 is 15.1 Å². The van der Waals surface area contributed by atoms with Crippen LogP contribution in [0, 0.1) is 0 Å². The molecule has 0 aliphatic rings. The molecule has 0 N–H and O–H groups in total. The minimum Gasteiger partial charge on any atom is -0.494 e. The number of benzene rings is 1. The highest BCUT2D eigenvalue weighted by Gasteiger charge is 2.17. The number of aromatic nitrogens is 5. The number of carbonyl (C=O) groups excluding carboxylic acids is 1. The topological polar surface area (TPSA) is 122 Å². The fraction of sp³-hybridized carbons (Fsp3) is 0.130. The van der Waals surface area contributed by atoms with Gasteiger partial charge in [0.15, 0.2) is 12.0 Å². The van der Waals surface area contributed by atoms with E-state index in [4.69, 9.17) is 13.9 Å². The minimum atomic E-state index is -0.590. The molecule has 4 heterocycles. The van der Waals surface area contributed by atoms with Crippen molar-refractivity contribution in [2.45, 2.75) is 13.5 Å². The SMILES string of the molecule is CCOc1ccc2cc(-n3nncc3COc3nc(-c4ccccn4)sc3C=O)c(=O)oc2c1. The number of carbonyl (C=O) groups is 1. The number of thiazole rings is 1. The molecule has 0 bridgehead atoms. The second kappa shape index (κ2) is 9.24. The van der Waals surface area contributed by atoms with Crippen molar-refractivity contribution in [3.8, 4) is 28.0 Å². The number of rotatable bonds is 8. The molecule has 0 fully saturated rings. The summed E-state index contributed by atoms with van der Waals surface area (Å²) in [6.45, 7) is 2.35. The van der Waals surface area contributed by atoms with Crippen LogP contribution in [-0.4, -0.2) is 37.9 Å². The largest absolute Gasteiger partial charge is 0.494 e. The lowest BCUT2D eigenvalue weighted by atomic mass is 10.2. The van der Waals surface area contributed by atoms with E-state index in [0.717, 1.165) is 0 Å². The van der Waals surface area contributed by atoms with Crippen LogP contribution in [0.15, 0.2) is 64.1 Å². The van der Waals surface area contributed by atoms with Gasteiger partial charge < -0.3 is 13.9 Å². The van der Waals surface area contributed by atoms with E-state index in [9.17, 15) is 9.59 Å². The zero-order valence-corrected chi connectivity index (χ0v) is 18.7. The lowest BCUT2D eigenvalue weighted by Gasteiger charge is -2.08. The first kappa shape index (κ1) is 21.5. The Morgan fingerprint density at radius 3 is 2.88 bits per heavy atom. The summed E-state index contributed by atoms with van der Waals surface area (Å²) in [5.74, 6) is 0.780. The van der Waals surface area contributed by atoms with Crippen molar-refractivity contribution in [1.29, 1.82) is 0 Å². The van der Waals surface area contributed by atoms with Crippen LogP contribution >= 0.6 is 11.3 Å². The first-order chi connectivity index (χ1) is 16.7. The van der Waals surface area contributed by atoms with Gasteiger partial charge in [-0.05, 0) is 37.3 Å². The van der Waals surface area contributed by atoms with E-state index < -0.39 is 5.63 Å². The highest BCUT2D eigenvalue weighted by atomic mass is 32.1. The summed E-state index contributed by atoms with van der Waals surface area (Å²) in [7, 11) is 0. The maximum Gasteiger partial charge on any atom is 0.362 e. The van der Waals surface area contributed by atoms with Gasteiger partial charge in [-0.25, -0.2) is 9.48 Å². The number of ether oxygens (including phenoxy) is 2. The maximum atomic E-state index is 12.7. The van der Waals surface area contributed by atoms with Gasteiger partial charge in [0.2, 0.25) is 5.88 Å². The second-order valence-corrected chi connectivity index (χ2v) is 8.03. The van der Waals surface area contributed by atoms with Crippen LogP contribution in [-0.2, 0) is 6.61 Å². The van der Waals surface area contributed by atoms with Gasteiger partial charge in [-0.2, -0.15) is 4.98 Å². The molecule has 0 radical (unpaired) electrons. The van der Waals surface area contributed by atoms with E-state index in [1.165, 1.54) is 22.2 Å². The number of aldehydes is 1. The molecule has 10 nitrogen and oxygen atoms in total. The summed E-state index contributed by atoms with van der Waals surface area (Å²) < 4.78 is 18.1. The first-order valence-electron chi connectivity index (χ1n) is 10.3. The molecule has 0 aliphatic carbocycles. The highest BCUT2D eigenvalue weighted by Crippen LogP contribution is 2.30. The van der Waals surface area contributed by atoms with E-state index in [1.54, 1.807) is 42.6 Å². The highest BCUT2D eigenvalue weighted by molar-refractivity contribution is 7.16. The molecular weight excluding hydrogens is 458 g/mol. The van der Waals surface area contributed by atoms with E-state index >= 15 is 0 Å². The zero-order chi connectivity index (χ0) is 23.5. The molecule has 34 heavy (non-hydrogen) atoms. The van der Waals surface area contributed by atoms with Crippen molar-refractivity contribution in [2.24, 2.45) is 0 Å². The number of nitrogens with zero attached hydrogens (tertiary/aromatic N) is 5. The zero-order valence-electron chi connectivity index (χ0n) is 17.9. The van der Waals surface area contributed by atoms with Crippen LogP contribution in [0.3, 0.4) is 0 Å². The van der Waals surface area contributed by atoms with Crippen molar-refractivity contribution in [3.05, 3.63) is 75.8 Å². The second-order valence-electron chi connectivity index (χ2n) is 7.00. The molecule has 4 aromatic heterocycles. The van der Waals surface area contributed by atoms with Crippen LogP contribution in [0.1, 0.15) is 22.3 Å². The Labute approximate surface area is 196 Å². The molecule has 0 aliphatic heterocycles. The molecule has 170 valence electrons. The van der Waals surface area contributed by atoms with Gasteiger partial charge in [0.1, 0.15) is 33.5 Å². The molecular formula is C23H17N5O5S. The van der Waals surface area contributed by atoms with E-state index in [1.807, 2.05) is 13.0 Å². The van der Waals surface area contributed by atoms with Crippen LogP contribution in [0.2, 0.25) is 0 Å². The summed E-state index contributed by atoms with van der Waals surface area (Å²) in [6, 6.07) is 12.3. The lowest BCUT2D eigenvalue weighted by Crippen LogP contribution is -2.15. The van der Waals surface area contributed by atoms with Gasteiger partial charge in [0.25, 0.3) is 0 Å². The third-order valence-corrected chi connectivity index (χ3v) is 5.80. The fourth-order valence-corrected chi connectivity index (χ4v) is 4.08. The average molecular weight is 475 g/mol. The predicted octanol–water partition coefficient (Wildman–Crippen LogP) is 3.68. The van der Waals surface area contributed by atoms with Crippen molar-refractivity contribution in [2.75, 3.05) is 6.61 Å². The maximum absolute atomic E-state index is 12.7. The van der Waals surface area contributed by atoms with Crippen molar-refractivity contribution in [3.63, 3.8) is 0 Å². The third-order valence-electron chi connectivity index (χ3n) is 4.82. The number of hydrogen-bond acceptors (Lipinski definition) is 10. The molecule has 0 amide bonds. The molecule has 0 saturated carbocycles. The summed E-state index contributed by atoms with van der Waals surface area (Å²) in [5, 5.41) is 9.17. The Morgan fingerprint density at radius 1 is 1.18 bits per heavy atom. The van der Waals surface area contributed by atoms with E-state index in [-0.39, 0.29) is 18.2 Å². The molecule has 5 rings (SSSR count). The van der Waals surface area contributed by atoms with Crippen LogP contribution in [0.4, 0.5) is 0 Å². The van der Waals surface area contributed by atoms with Crippen LogP contribution in [0.25, 0.3) is 27.4 Å². The summed E-state index contributed by atoms with van der Waals surface area (Å²) in [6.07, 6.45) is 3.80. The summed E-state index contributed by atoms with van der Waals surface area (Å²) >= 11 is 1.18. The standard InChI is InChI=1S/C23H17N5O5S/c1-2-31-16-7-6-14-9-18(23(30)33-19(14)10-16)28-15(11-25-27-28)13-32-21-20(12-29)34-22(26-21)17-5-3-4-8-24-17/h3-12H,2,13H2,1H3. The smallest absolute Gasteiger partial charge is 0.362 e. The predicted molar refractivity (Wildman–Crippen MR) is 124 cm³/mol. The van der Waals surface area contributed by atoms with E-state index in [0.29, 0.717) is 50.9 Å². The number of hydrogen-bond donors (Lipinski definition) is 0. The van der Waals surface area contributed by atoms with Gasteiger partial charge in [0.05, 0.1) is 18.5 Å². The number of pyridine rings is 1. The first-order valence-corrected chi connectivity index (χ1v) is 11.1. The van der Waals surface area contributed by atoms with Crippen molar-refractivity contribution in [1.82, 2.24) is 25.0 Å². The summed E-state index contributed by atoms with van der Waals surface area (Å²) in [4.78, 5) is 33.2. The van der Waals surface area contributed by atoms with E-state index in [2.05, 4.69) is 20.3 Å². The average Bonchev–Trinajstić information content (AvgIpc) is 3.50. The Morgan fingerprint density at radius 2 is 2.09 bits per heavy atom. The molecule has 11 heteroatoms. The van der Waals surface area contributed by atoms with Crippen molar-refractivity contribution >= 4 is 28.6 Å². The van der Waals surface area contributed by atoms with Gasteiger partial charge in [-0.15, -0.1) is 16.4 Å². The summed E-state index contributed by atoms with van der Waals surface area (Å²) in [5.41, 5.74) is 1.10. The molecule has 1 aromatic carbocycles. The molecule has 0 spiro atoms. The molecule has 0 saturated heterocycles. The van der Waals surface area contributed by atoms with Crippen LogP contribution in [0.5, 0.6) is 11.6 Å². The molecule has 5 aromatic rings. The molecule has 0 atom stereocenters. The Balaban J connectivity index is 1.42. The lowest BCUT2D eigenvalue weighted by molar-refractivity contribution is 0.112. The van der Waals surface area contributed by atoms with Crippen molar-refractivity contribution < 1.29 is 18.7 Å². The van der Waals surface area contributed by atoms with Gasteiger partial charge in [-0.3, -0.25) is 9.78 Å². The van der Waals surface area contributed by atoms with Gasteiger partial charge >= 0.3 is 5.63 Å². The quantitative estimate of drug-likeness (QED) is 0.244. The Hall–Kier alpha value is -4.38. The fourth-order valence-electron chi connectivity index (χ4n) is 3.28. The minimum absolute atomic E-state index is 0.0278. The Bertz CT molecular complexity index is 1530. The monoisotopic (exact) mass is 475 g/mol. The normalized spacial score (nSPS) is 11.0.